The third kappa shape index (κ3) is 6.01. The van der Waals surface area contributed by atoms with Gasteiger partial charge in [0.1, 0.15) is 6.61 Å². The number of ether oxygens (including phenoxy) is 1. The van der Waals surface area contributed by atoms with Crippen LogP contribution in [0, 0.1) is 5.82 Å². The third-order valence-corrected chi connectivity index (χ3v) is 2.20. The van der Waals surface area contributed by atoms with E-state index < -0.39 is 11.4 Å². The first kappa shape index (κ1) is 16.9. The van der Waals surface area contributed by atoms with Gasteiger partial charge in [0.2, 0.25) is 0 Å². The second kappa shape index (κ2) is 7.37. The number of rotatable bonds is 4. The first-order valence-corrected chi connectivity index (χ1v) is 6.44. The van der Waals surface area contributed by atoms with Crippen LogP contribution in [0.25, 0.3) is 0 Å². The highest BCUT2D eigenvalue weighted by Crippen LogP contribution is 2.24. The van der Waals surface area contributed by atoms with E-state index >= 15 is 0 Å². The van der Waals surface area contributed by atoms with Gasteiger partial charge in [0, 0.05) is 0 Å². The van der Waals surface area contributed by atoms with E-state index in [-0.39, 0.29) is 12.4 Å². The molecule has 1 rings (SSSR count). The zero-order valence-electron chi connectivity index (χ0n) is 12.2. The van der Waals surface area contributed by atoms with Crippen LogP contribution in [0.1, 0.15) is 53.0 Å². The van der Waals surface area contributed by atoms with Gasteiger partial charge in [-0.25, -0.2) is 4.39 Å². The van der Waals surface area contributed by atoms with Gasteiger partial charge in [-0.15, -0.1) is 0 Å². The van der Waals surface area contributed by atoms with Crippen molar-refractivity contribution >= 4 is 0 Å². The smallest absolute Gasteiger partial charge is 0.165 e. The van der Waals surface area contributed by atoms with Gasteiger partial charge in [-0.1, -0.05) is 33.8 Å². The minimum atomic E-state index is -0.958. The number of aliphatic hydroxyl groups is 1. The summed E-state index contributed by atoms with van der Waals surface area (Å²) in [5.41, 5.74) is 0.0624. The van der Waals surface area contributed by atoms with Crippen LogP contribution in [0.5, 0.6) is 5.75 Å². The molecular formula is C15H25FO2. The van der Waals surface area contributed by atoms with Crippen molar-refractivity contribution in [3.8, 4) is 5.75 Å². The summed E-state index contributed by atoms with van der Waals surface area (Å²) in [5.74, 6) is 0.132. The van der Waals surface area contributed by atoms with Crippen LogP contribution in [0.3, 0.4) is 0 Å². The van der Waals surface area contributed by atoms with Crippen molar-refractivity contribution < 1.29 is 14.2 Å². The monoisotopic (exact) mass is 256 g/mol. The Balaban J connectivity index is 0.00000137. The van der Waals surface area contributed by atoms with E-state index in [2.05, 4.69) is 0 Å². The fourth-order valence-corrected chi connectivity index (χ4v) is 1.24. The van der Waals surface area contributed by atoms with Crippen LogP contribution < -0.4 is 4.74 Å². The summed E-state index contributed by atoms with van der Waals surface area (Å²) in [6.07, 6.45) is 0. The molecule has 1 aromatic carbocycles. The van der Waals surface area contributed by atoms with Gasteiger partial charge in [-0.3, -0.25) is 0 Å². The molecule has 0 aliphatic heterocycles. The van der Waals surface area contributed by atoms with Gasteiger partial charge in [-0.05, 0) is 37.5 Å². The minimum absolute atomic E-state index is 0.0749. The quantitative estimate of drug-likeness (QED) is 0.878. The van der Waals surface area contributed by atoms with E-state index in [9.17, 15) is 9.50 Å². The maximum atomic E-state index is 13.4. The van der Waals surface area contributed by atoms with Crippen molar-refractivity contribution in [3.05, 3.63) is 29.6 Å². The molecule has 0 spiro atoms. The van der Waals surface area contributed by atoms with Crippen molar-refractivity contribution in [1.29, 1.82) is 0 Å². The van der Waals surface area contributed by atoms with Crippen LogP contribution >= 0.6 is 0 Å². The van der Waals surface area contributed by atoms with Gasteiger partial charge in [0.25, 0.3) is 0 Å². The Labute approximate surface area is 110 Å². The average molecular weight is 256 g/mol. The van der Waals surface area contributed by atoms with Gasteiger partial charge in [0.15, 0.2) is 11.6 Å². The van der Waals surface area contributed by atoms with Crippen molar-refractivity contribution in [2.45, 2.75) is 53.1 Å². The maximum Gasteiger partial charge on any atom is 0.165 e. The van der Waals surface area contributed by atoms with Crippen molar-refractivity contribution in [2.75, 3.05) is 6.61 Å². The molecule has 18 heavy (non-hydrogen) atoms. The molecule has 1 N–H and O–H groups in total. The van der Waals surface area contributed by atoms with Gasteiger partial charge in [-0.2, -0.15) is 0 Å². The molecule has 1 aromatic rings. The van der Waals surface area contributed by atoms with Crippen molar-refractivity contribution in [2.24, 2.45) is 0 Å². The molecule has 0 aromatic heterocycles. The predicted molar refractivity (Wildman–Crippen MR) is 73.6 cm³/mol. The van der Waals surface area contributed by atoms with Crippen LogP contribution in [0.2, 0.25) is 0 Å². The summed E-state index contributed by atoms with van der Waals surface area (Å²) >= 11 is 0. The Kier molecular flexibility index (Phi) is 6.92. The van der Waals surface area contributed by atoms with E-state index in [1.807, 2.05) is 27.7 Å². The topological polar surface area (TPSA) is 29.5 Å². The summed E-state index contributed by atoms with van der Waals surface area (Å²) in [7, 11) is 0. The lowest BCUT2D eigenvalue weighted by Gasteiger charge is -2.18. The van der Waals surface area contributed by atoms with E-state index in [4.69, 9.17) is 4.74 Å². The molecule has 0 fully saturated rings. The average Bonchev–Trinajstić information content (AvgIpc) is 2.29. The van der Waals surface area contributed by atoms with Gasteiger partial charge >= 0.3 is 0 Å². The summed E-state index contributed by atoms with van der Waals surface area (Å²) in [5, 5.41) is 9.50. The van der Waals surface area contributed by atoms with Crippen LogP contribution in [0.15, 0.2) is 18.2 Å². The molecule has 0 saturated heterocycles. The second-order valence-corrected chi connectivity index (χ2v) is 4.95. The molecule has 0 heterocycles. The summed E-state index contributed by atoms with van der Waals surface area (Å²) in [6, 6.07) is 4.83. The lowest BCUT2D eigenvalue weighted by molar-refractivity contribution is 0.0271. The number of hydrogen-bond donors (Lipinski definition) is 1. The molecule has 0 bridgehead atoms. The van der Waals surface area contributed by atoms with E-state index in [0.717, 1.165) is 5.56 Å². The van der Waals surface area contributed by atoms with Crippen molar-refractivity contribution in [1.82, 2.24) is 0 Å². The Hall–Kier alpha value is -1.09. The lowest BCUT2D eigenvalue weighted by atomic mass is 10.0. The minimum Gasteiger partial charge on any atom is -0.488 e. The highest BCUT2D eigenvalue weighted by molar-refractivity contribution is 5.32. The first-order chi connectivity index (χ1) is 8.29. The Morgan fingerprint density at radius 2 is 1.83 bits per heavy atom. The molecule has 2 nitrogen and oxygen atoms in total. The Morgan fingerprint density at radius 1 is 1.28 bits per heavy atom. The molecule has 0 atom stereocenters. The van der Waals surface area contributed by atoms with Crippen LogP contribution in [-0.2, 0) is 0 Å². The third-order valence-electron chi connectivity index (χ3n) is 2.20. The molecule has 0 aliphatic rings. The normalized spacial score (nSPS) is 10.9. The number of hydrogen-bond acceptors (Lipinski definition) is 2. The zero-order chi connectivity index (χ0) is 14.3. The van der Waals surface area contributed by atoms with E-state index in [0.29, 0.717) is 5.92 Å². The SMILES string of the molecule is CC.CC(C)c1ccc(F)c(OCC(C)(C)O)c1. The fourth-order valence-electron chi connectivity index (χ4n) is 1.24. The maximum absolute atomic E-state index is 13.4. The first-order valence-electron chi connectivity index (χ1n) is 6.44. The van der Waals surface area contributed by atoms with Crippen LogP contribution in [-0.4, -0.2) is 17.3 Å². The molecule has 0 amide bonds. The molecular weight excluding hydrogens is 231 g/mol. The highest BCUT2D eigenvalue weighted by atomic mass is 19.1. The highest BCUT2D eigenvalue weighted by Gasteiger charge is 2.15. The zero-order valence-corrected chi connectivity index (χ0v) is 12.2. The lowest BCUT2D eigenvalue weighted by Crippen LogP contribution is -2.28. The van der Waals surface area contributed by atoms with Crippen LogP contribution in [0.4, 0.5) is 4.39 Å². The molecule has 0 aliphatic carbocycles. The Bertz CT molecular complexity index is 354. The molecule has 0 unspecified atom stereocenters. The van der Waals surface area contributed by atoms with Gasteiger partial charge < -0.3 is 9.84 Å². The second-order valence-electron chi connectivity index (χ2n) is 4.95. The number of benzene rings is 1. The molecule has 0 saturated carbocycles. The van der Waals surface area contributed by atoms with E-state index in [1.54, 1.807) is 26.0 Å². The standard InChI is InChI=1S/C13H19FO2.C2H6/c1-9(2)10-5-6-11(14)12(7-10)16-8-13(3,4)15;1-2/h5-7,9,15H,8H2,1-4H3;1-2H3. The Morgan fingerprint density at radius 3 is 2.28 bits per heavy atom. The largest absolute Gasteiger partial charge is 0.488 e. The molecule has 3 heteroatoms. The van der Waals surface area contributed by atoms with Crippen molar-refractivity contribution in [3.63, 3.8) is 0 Å². The summed E-state index contributed by atoms with van der Waals surface area (Å²) < 4.78 is 18.7. The molecule has 0 radical (unpaired) electrons. The predicted octanol–water partition coefficient (Wildman–Crippen LogP) is 4.13. The summed E-state index contributed by atoms with van der Waals surface area (Å²) in [4.78, 5) is 0. The fraction of sp³-hybridized carbons (Fsp3) is 0.600. The van der Waals surface area contributed by atoms with E-state index in [1.165, 1.54) is 6.07 Å². The van der Waals surface area contributed by atoms with Gasteiger partial charge in [0.05, 0.1) is 5.60 Å². The number of halogens is 1. The molecule has 104 valence electrons. The summed E-state index contributed by atoms with van der Waals surface area (Å²) in [6.45, 7) is 11.4.